The molecule has 0 radical (unpaired) electrons. The largest absolute Gasteiger partial charge is 0.503 e. The molecular formula is C19H12F3N3O2. The minimum absolute atomic E-state index is 0.0297. The van der Waals surface area contributed by atoms with Crippen molar-refractivity contribution in [2.45, 2.75) is 0 Å². The molecule has 2 aromatic heterocycles. The molecule has 4 aromatic rings. The number of benzene rings is 2. The number of halogens is 3. The fraction of sp³-hybridized carbons (Fsp3) is 0.0526. The van der Waals surface area contributed by atoms with Crippen molar-refractivity contribution >= 4 is 11.0 Å². The minimum atomic E-state index is -0.929. The second-order valence-electron chi connectivity index (χ2n) is 5.98. The van der Waals surface area contributed by atoms with Gasteiger partial charge in [-0.05, 0) is 36.4 Å². The molecule has 8 heteroatoms. The topological polar surface area (TPSA) is 70.9 Å². The fourth-order valence-electron chi connectivity index (χ4n) is 3.02. The van der Waals surface area contributed by atoms with Gasteiger partial charge in [0.05, 0.1) is 16.6 Å². The van der Waals surface area contributed by atoms with Crippen LogP contribution in [-0.4, -0.2) is 19.9 Å². The van der Waals surface area contributed by atoms with Gasteiger partial charge in [0.25, 0.3) is 0 Å². The summed E-state index contributed by atoms with van der Waals surface area (Å²) in [5.41, 5.74) is -0.930. The highest BCUT2D eigenvalue weighted by molar-refractivity contribution is 5.94. The molecule has 4 rings (SSSR count). The lowest BCUT2D eigenvalue weighted by atomic mass is 10.1. The van der Waals surface area contributed by atoms with E-state index in [1.54, 1.807) is 0 Å². The van der Waals surface area contributed by atoms with E-state index < -0.39 is 34.2 Å². The maximum absolute atomic E-state index is 14.1. The number of pyridine rings is 1. The zero-order valence-electron chi connectivity index (χ0n) is 13.9. The maximum Gasteiger partial charge on any atom is 0.235 e. The van der Waals surface area contributed by atoms with Crippen LogP contribution < -0.4 is 5.43 Å². The number of aryl methyl sites for hydroxylation is 1. The molecule has 0 aliphatic carbocycles. The molecule has 0 aliphatic heterocycles. The second-order valence-corrected chi connectivity index (χ2v) is 5.98. The Morgan fingerprint density at radius 3 is 2.30 bits per heavy atom. The Labute approximate surface area is 150 Å². The van der Waals surface area contributed by atoms with E-state index in [4.69, 9.17) is 0 Å². The summed E-state index contributed by atoms with van der Waals surface area (Å²) < 4.78 is 42.7. The van der Waals surface area contributed by atoms with Gasteiger partial charge in [0, 0.05) is 12.6 Å². The van der Waals surface area contributed by atoms with Crippen LogP contribution >= 0.6 is 0 Å². The van der Waals surface area contributed by atoms with Crippen molar-refractivity contribution in [3.05, 3.63) is 70.1 Å². The van der Waals surface area contributed by atoms with E-state index >= 15 is 0 Å². The second kappa shape index (κ2) is 6.01. The van der Waals surface area contributed by atoms with Crippen LogP contribution in [0.3, 0.4) is 0 Å². The van der Waals surface area contributed by atoms with E-state index in [0.717, 1.165) is 12.1 Å². The molecule has 0 aliphatic rings. The third-order valence-corrected chi connectivity index (χ3v) is 4.30. The Hall–Kier alpha value is -3.55. The van der Waals surface area contributed by atoms with Gasteiger partial charge in [-0.1, -0.05) is 6.07 Å². The van der Waals surface area contributed by atoms with Crippen LogP contribution in [0.2, 0.25) is 0 Å². The normalized spacial score (nSPS) is 11.3. The number of hydrogen-bond donors (Lipinski definition) is 2. The van der Waals surface area contributed by atoms with Crippen molar-refractivity contribution in [2.24, 2.45) is 7.05 Å². The zero-order chi connectivity index (χ0) is 19.3. The fourth-order valence-corrected chi connectivity index (χ4v) is 3.02. The van der Waals surface area contributed by atoms with E-state index in [-0.39, 0.29) is 22.4 Å². The van der Waals surface area contributed by atoms with Gasteiger partial charge in [-0.25, -0.2) is 13.2 Å². The van der Waals surface area contributed by atoms with Gasteiger partial charge in [-0.2, -0.15) is 5.10 Å². The quantitative estimate of drug-likeness (QED) is 0.564. The minimum Gasteiger partial charge on any atom is -0.503 e. The third-order valence-electron chi connectivity index (χ3n) is 4.30. The van der Waals surface area contributed by atoms with Crippen molar-refractivity contribution in [3.63, 3.8) is 0 Å². The molecule has 27 heavy (non-hydrogen) atoms. The number of fused-ring (bicyclic) bond motifs is 1. The number of aromatic hydroxyl groups is 1. The summed E-state index contributed by atoms with van der Waals surface area (Å²) in [7, 11) is 1.53. The monoisotopic (exact) mass is 371 g/mol. The summed E-state index contributed by atoms with van der Waals surface area (Å²) >= 11 is 0. The highest BCUT2D eigenvalue weighted by Gasteiger charge is 2.23. The van der Waals surface area contributed by atoms with Crippen molar-refractivity contribution in [2.75, 3.05) is 0 Å². The van der Waals surface area contributed by atoms with Gasteiger partial charge >= 0.3 is 0 Å². The van der Waals surface area contributed by atoms with Gasteiger partial charge in [-0.15, -0.1) is 0 Å². The van der Waals surface area contributed by atoms with Crippen molar-refractivity contribution in [1.29, 1.82) is 0 Å². The molecule has 0 unspecified atom stereocenters. The number of nitrogens with one attached hydrogen (secondary N) is 1. The van der Waals surface area contributed by atoms with Crippen LogP contribution in [0.4, 0.5) is 13.2 Å². The smallest absolute Gasteiger partial charge is 0.235 e. The SMILES string of the molecule is Cn1nc(-c2ccc(F)cc2)c2c(=O)c(O)c(-c3c(F)cccc3F)[nH]c21. The molecular weight excluding hydrogens is 359 g/mol. The van der Waals surface area contributed by atoms with Crippen LogP contribution in [0, 0.1) is 17.5 Å². The van der Waals surface area contributed by atoms with E-state index in [1.165, 1.54) is 42.1 Å². The predicted octanol–water partition coefficient (Wildman–Crippen LogP) is 3.72. The van der Waals surface area contributed by atoms with Gasteiger partial charge < -0.3 is 10.1 Å². The molecule has 0 saturated heterocycles. The lowest BCUT2D eigenvalue weighted by molar-refractivity contribution is 0.469. The Balaban J connectivity index is 2.06. The third kappa shape index (κ3) is 2.57. The molecule has 0 spiro atoms. The lowest BCUT2D eigenvalue weighted by Gasteiger charge is -2.08. The molecule has 5 nitrogen and oxygen atoms in total. The van der Waals surface area contributed by atoms with Crippen LogP contribution in [0.15, 0.2) is 47.3 Å². The average molecular weight is 371 g/mol. The first-order chi connectivity index (χ1) is 12.9. The number of hydrogen-bond acceptors (Lipinski definition) is 3. The maximum atomic E-state index is 14.1. The molecule has 2 N–H and O–H groups in total. The van der Waals surface area contributed by atoms with Crippen LogP contribution in [0.25, 0.3) is 33.5 Å². The molecule has 0 bridgehead atoms. The Bertz CT molecular complexity index is 1220. The highest BCUT2D eigenvalue weighted by atomic mass is 19.1. The molecule has 2 heterocycles. The Morgan fingerprint density at radius 2 is 1.67 bits per heavy atom. The average Bonchev–Trinajstić information content (AvgIpc) is 2.96. The number of rotatable bonds is 2. The zero-order valence-corrected chi connectivity index (χ0v) is 13.9. The molecule has 0 saturated carbocycles. The van der Waals surface area contributed by atoms with Crippen molar-refractivity contribution < 1.29 is 18.3 Å². The van der Waals surface area contributed by atoms with E-state index in [1.807, 2.05) is 0 Å². The van der Waals surface area contributed by atoms with Crippen molar-refractivity contribution in [1.82, 2.24) is 14.8 Å². The highest BCUT2D eigenvalue weighted by Crippen LogP contribution is 2.33. The van der Waals surface area contributed by atoms with Gasteiger partial charge in [0.15, 0.2) is 5.75 Å². The van der Waals surface area contributed by atoms with Crippen LogP contribution in [0.1, 0.15) is 0 Å². The summed E-state index contributed by atoms with van der Waals surface area (Å²) in [5.74, 6) is -3.14. The van der Waals surface area contributed by atoms with Gasteiger partial charge in [-0.3, -0.25) is 9.48 Å². The number of aromatic amines is 1. The van der Waals surface area contributed by atoms with Crippen LogP contribution in [-0.2, 0) is 7.05 Å². The molecule has 2 aromatic carbocycles. The van der Waals surface area contributed by atoms with Crippen molar-refractivity contribution in [3.8, 4) is 28.3 Å². The van der Waals surface area contributed by atoms with E-state index in [0.29, 0.717) is 5.56 Å². The standard InChI is InChI=1S/C19H12F3N3O2/c1-25-19-14(15(24-25)9-5-7-10(20)8-6-9)17(26)18(27)16(23-19)13-11(21)3-2-4-12(13)22/h2-8,27H,1H3,(H,23,26). The summed E-state index contributed by atoms with van der Waals surface area (Å²) in [6, 6.07) is 8.54. The van der Waals surface area contributed by atoms with Crippen LogP contribution in [0.5, 0.6) is 5.75 Å². The molecule has 0 atom stereocenters. The summed E-state index contributed by atoms with van der Waals surface area (Å²) in [6.45, 7) is 0. The number of H-pyrrole nitrogens is 1. The lowest BCUT2D eigenvalue weighted by Crippen LogP contribution is -2.07. The molecule has 136 valence electrons. The summed E-state index contributed by atoms with van der Waals surface area (Å²) in [5, 5.41) is 14.6. The number of aromatic nitrogens is 3. The summed E-state index contributed by atoms with van der Waals surface area (Å²) in [4.78, 5) is 15.5. The first kappa shape index (κ1) is 16.9. The number of nitrogens with zero attached hydrogens (tertiary/aromatic N) is 2. The van der Waals surface area contributed by atoms with Gasteiger partial charge in [0.1, 0.15) is 28.8 Å². The predicted molar refractivity (Wildman–Crippen MR) is 93.7 cm³/mol. The Morgan fingerprint density at radius 1 is 1.04 bits per heavy atom. The summed E-state index contributed by atoms with van der Waals surface area (Å²) in [6.07, 6.45) is 0. The van der Waals surface area contributed by atoms with E-state index in [9.17, 15) is 23.1 Å². The molecule has 0 amide bonds. The first-order valence-electron chi connectivity index (χ1n) is 7.90. The first-order valence-corrected chi connectivity index (χ1v) is 7.90. The Kier molecular flexibility index (Phi) is 3.76. The molecule has 0 fully saturated rings. The van der Waals surface area contributed by atoms with Gasteiger partial charge in [0.2, 0.25) is 5.43 Å². The van der Waals surface area contributed by atoms with E-state index in [2.05, 4.69) is 10.1 Å².